The van der Waals surface area contributed by atoms with Crippen LogP contribution in [0.5, 0.6) is 0 Å². The van der Waals surface area contributed by atoms with Gasteiger partial charge in [-0.3, -0.25) is 14.5 Å². The Kier molecular flexibility index (Phi) is 3.89. The average Bonchev–Trinajstić information content (AvgIpc) is 3.06. The second-order valence-electron chi connectivity index (χ2n) is 5.59. The van der Waals surface area contributed by atoms with Gasteiger partial charge in [-0.2, -0.15) is 0 Å². The number of halogens is 2. The number of carbonyl (C=O) groups is 2. The van der Waals surface area contributed by atoms with Crippen LogP contribution in [0.2, 0.25) is 5.02 Å². The Labute approximate surface area is 136 Å². The van der Waals surface area contributed by atoms with Crippen LogP contribution in [-0.2, 0) is 16.1 Å². The van der Waals surface area contributed by atoms with E-state index >= 15 is 0 Å². The van der Waals surface area contributed by atoms with Crippen LogP contribution >= 0.6 is 11.6 Å². The fourth-order valence-corrected chi connectivity index (χ4v) is 2.65. The summed E-state index contributed by atoms with van der Waals surface area (Å²) in [6.07, 6.45) is 1.58. The van der Waals surface area contributed by atoms with Crippen LogP contribution in [0.15, 0.2) is 24.4 Å². The molecule has 0 aliphatic carbocycles. The van der Waals surface area contributed by atoms with Gasteiger partial charge < -0.3 is 0 Å². The van der Waals surface area contributed by atoms with Gasteiger partial charge in [-0.1, -0.05) is 30.7 Å². The van der Waals surface area contributed by atoms with Crippen molar-refractivity contribution >= 4 is 23.4 Å². The van der Waals surface area contributed by atoms with E-state index in [1.165, 1.54) is 27.8 Å². The number of hydrogen-bond donors (Lipinski definition) is 0. The maximum Gasteiger partial charge on any atom is 0.233 e. The van der Waals surface area contributed by atoms with Gasteiger partial charge in [0.1, 0.15) is 11.5 Å². The zero-order chi connectivity index (χ0) is 16.7. The lowest BCUT2D eigenvalue weighted by atomic mass is 10.00. The number of likely N-dealkylation sites (tertiary alicyclic amines) is 1. The third-order valence-electron chi connectivity index (χ3n) is 4.09. The fraction of sp³-hybridized carbons (Fsp3) is 0.333. The van der Waals surface area contributed by atoms with Crippen molar-refractivity contribution in [3.8, 4) is 5.69 Å². The molecule has 1 aromatic heterocycles. The number of rotatable bonds is 3. The molecule has 0 saturated carbocycles. The quantitative estimate of drug-likeness (QED) is 0.806. The highest BCUT2D eigenvalue weighted by atomic mass is 35.5. The first-order valence-electron chi connectivity index (χ1n) is 7.10. The zero-order valence-electron chi connectivity index (χ0n) is 12.5. The van der Waals surface area contributed by atoms with E-state index in [-0.39, 0.29) is 35.2 Å². The molecule has 2 aromatic rings. The van der Waals surface area contributed by atoms with Crippen LogP contribution in [-0.4, -0.2) is 31.7 Å². The van der Waals surface area contributed by atoms with E-state index in [4.69, 9.17) is 11.6 Å². The largest absolute Gasteiger partial charge is 0.276 e. The normalized spacial score (nSPS) is 21.3. The molecule has 23 heavy (non-hydrogen) atoms. The Morgan fingerprint density at radius 1 is 1.22 bits per heavy atom. The van der Waals surface area contributed by atoms with Crippen molar-refractivity contribution in [2.75, 3.05) is 0 Å². The minimum atomic E-state index is -0.521. The van der Waals surface area contributed by atoms with Crippen LogP contribution in [0.1, 0.15) is 19.5 Å². The maximum atomic E-state index is 13.2. The fourth-order valence-electron chi connectivity index (χ4n) is 2.47. The van der Waals surface area contributed by atoms with E-state index in [0.717, 1.165) is 0 Å². The van der Waals surface area contributed by atoms with E-state index in [0.29, 0.717) is 11.4 Å². The topological polar surface area (TPSA) is 68.1 Å². The molecule has 2 heterocycles. The van der Waals surface area contributed by atoms with Crippen molar-refractivity contribution in [3.05, 3.63) is 40.9 Å². The van der Waals surface area contributed by atoms with E-state index < -0.39 is 5.82 Å². The number of imide groups is 1. The predicted molar refractivity (Wildman–Crippen MR) is 80.2 cm³/mol. The highest BCUT2D eigenvalue weighted by Gasteiger charge is 2.42. The molecule has 2 unspecified atom stereocenters. The summed E-state index contributed by atoms with van der Waals surface area (Å²) >= 11 is 5.74. The average molecular weight is 337 g/mol. The van der Waals surface area contributed by atoms with E-state index in [1.807, 2.05) is 0 Å². The standard InChI is InChI=1S/C15H14ClFN4O2/c1-8-9(2)15(23)20(14(8)22)6-10-7-21(19-18-10)11-3-4-13(17)12(16)5-11/h3-5,7-9H,6H2,1-2H3. The molecule has 3 rings (SSSR count). The molecule has 120 valence electrons. The van der Waals surface area contributed by atoms with Gasteiger partial charge in [-0.05, 0) is 18.2 Å². The molecule has 6 nitrogen and oxygen atoms in total. The molecule has 1 fully saturated rings. The highest BCUT2D eigenvalue weighted by molar-refractivity contribution is 6.30. The summed E-state index contributed by atoms with van der Waals surface area (Å²) in [4.78, 5) is 25.4. The van der Waals surface area contributed by atoms with E-state index in [9.17, 15) is 14.0 Å². The van der Waals surface area contributed by atoms with Crippen LogP contribution in [0.4, 0.5) is 4.39 Å². The second-order valence-corrected chi connectivity index (χ2v) is 6.00. The van der Waals surface area contributed by atoms with Crippen LogP contribution < -0.4 is 0 Å². The minimum absolute atomic E-state index is 0.0212. The van der Waals surface area contributed by atoms with Crippen LogP contribution in [0.3, 0.4) is 0 Å². The predicted octanol–water partition coefficient (Wildman–Crippen LogP) is 2.20. The number of hydrogen-bond acceptors (Lipinski definition) is 4. The summed E-state index contributed by atoms with van der Waals surface area (Å²) in [5.41, 5.74) is 1.00. The lowest BCUT2D eigenvalue weighted by molar-refractivity contribution is -0.140. The molecule has 0 radical (unpaired) electrons. The first-order valence-corrected chi connectivity index (χ1v) is 7.48. The Morgan fingerprint density at radius 2 is 1.87 bits per heavy atom. The lowest BCUT2D eigenvalue weighted by Gasteiger charge is -2.11. The van der Waals surface area contributed by atoms with Crippen molar-refractivity contribution in [2.24, 2.45) is 11.8 Å². The smallest absolute Gasteiger partial charge is 0.233 e. The van der Waals surface area contributed by atoms with Gasteiger partial charge in [0.2, 0.25) is 11.8 Å². The molecule has 0 bridgehead atoms. The van der Waals surface area contributed by atoms with Gasteiger partial charge >= 0.3 is 0 Å². The lowest BCUT2D eigenvalue weighted by Crippen LogP contribution is -2.30. The van der Waals surface area contributed by atoms with Gasteiger partial charge in [0.25, 0.3) is 0 Å². The maximum absolute atomic E-state index is 13.2. The second kappa shape index (κ2) is 5.73. The summed E-state index contributed by atoms with van der Waals surface area (Å²) in [5.74, 6) is -1.59. The molecule has 0 spiro atoms. The molecule has 1 aromatic carbocycles. The van der Waals surface area contributed by atoms with Gasteiger partial charge in [0, 0.05) is 11.8 Å². The summed E-state index contributed by atoms with van der Waals surface area (Å²) in [5, 5.41) is 7.86. The molecule has 1 aliphatic rings. The number of carbonyl (C=O) groups excluding carboxylic acids is 2. The first kappa shape index (κ1) is 15.6. The monoisotopic (exact) mass is 336 g/mol. The van der Waals surface area contributed by atoms with Crippen LogP contribution in [0, 0.1) is 17.7 Å². The Hall–Kier alpha value is -2.28. The van der Waals surface area contributed by atoms with Crippen molar-refractivity contribution in [1.29, 1.82) is 0 Å². The third-order valence-corrected chi connectivity index (χ3v) is 4.38. The van der Waals surface area contributed by atoms with Crippen molar-refractivity contribution in [1.82, 2.24) is 19.9 Å². The highest BCUT2D eigenvalue weighted by Crippen LogP contribution is 2.26. The molecule has 2 atom stereocenters. The summed E-state index contributed by atoms with van der Waals surface area (Å²) < 4.78 is 14.6. The van der Waals surface area contributed by atoms with Gasteiger partial charge in [0.05, 0.1) is 23.5 Å². The Bertz CT molecular complexity index is 772. The zero-order valence-corrected chi connectivity index (χ0v) is 13.3. The number of aromatic nitrogens is 3. The molecule has 1 aliphatic heterocycles. The molecular weight excluding hydrogens is 323 g/mol. The molecule has 0 N–H and O–H groups in total. The Morgan fingerprint density at radius 3 is 2.48 bits per heavy atom. The molecule has 8 heteroatoms. The Balaban J connectivity index is 1.81. The molecule has 2 amide bonds. The van der Waals surface area contributed by atoms with Gasteiger partial charge in [0.15, 0.2) is 0 Å². The van der Waals surface area contributed by atoms with Gasteiger partial charge in [-0.25, -0.2) is 9.07 Å². The van der Waals surface area contributed by atoms with Crippen molar-refractivity contribution in [3.63, 3.8) is 0 Å². The summed E-state index contributed by atoms with van der Waals surface area (Å²) in [6.45, 7) is 3.55. The number of amides is 2. The summed E-state index contributed by atoms with van der Waals surface area (Å²) in [6, 6.07) is 4.16. The van der Waals surface area contributed by atoms with Crippen LogP contribution in [0.25, 0.3) is 5.69 Å². The van der Waals surface area contributed by atoms with E-state index in [2.05, 4.69) is 10.3 Å². The first-order chi connectivity index (χ1) is 10.9. The third kappa shape index (κ3) is 2.72. The number of nitrogens with zero attached hydrogens (tertiary/aromatic N) is 4. The molecular formula is C15H14ClFN4O2. The minimum Gasteiger partial charge on any atom is -0.276 e. The number of benzene rings is 1. The van der Waals surface area contributed by atoms with Gasteiger partial charge in [-0.15, -0.1) is 5.10 Å². The van der Waals surface area contributed by atoms with Crippen molar-refractivity contribution in [2.45, 2.75) is 20.4 Å². The summed E-state index contributed by atoms with van der Waals surface area (Å²) in [7, 11) is 0. The molecule has 1 saturated heterocycles. The van der Waals surface area contributed by atoms with Crippen molar-refractivity contribution < 1.29 is 14.0 Å². The SMILES string of the molecule is CC1C(=O)N(Cc2cn(-c3ccc(F)c(Cl)c3)nn2)C(=O)C1C. The van der Waals surface area contributed by atoms with E-state index in [1.54, 1.807) is 20.0 Å².